The van der Waals surface area contributed by atoms with E-state index in [0.717, 1.165) is 36.3 Å². The maximum Gasteiger partial charge on any atom is 0.316 e. The highest BCUT2D eigenvalue weighted by Crippen LogP contribution is 2.46. The predicted octanol–water partition coefficient (Wildman–Crippen LogP) is 5.59. The molecule has 0 saturated carbocycles. The number of hydrogen-bond donors (Lipinski definition) is 3. The Balaban J connectivity index is 1.96. The van der Waals surface area contributed by atoms with Crippen molar-refractivity contribution in [3.05, 3.63) is 36.2 Å². The zero-order valence-electron chi connectivity index (χ0n) is 22.0. The molecule has 2 heterocycles. The van der Waals surface area contributed by atoms with E-state index in [-0.39, 0.29) is 18.4 Å². The largest absolute Gasteiger partial charge is 0.466 e. The molecule has 0 unspecified atom stereocenters. The molecule has 0 spiro atoms. The van der Waals surface area contributed by atoms with Crippen LogP contribution >= 0.6 is 10.6 Å². The van der Waals surface area contributed by atoms with Crippen LogP contribution in [-0.2, 0) is 14.9 Å². The Labute approximate surface area is 216 Å². The third kappa shape index (κ3) is 7.24. The van der Waals surface area contributed by atoms with Gasteiger partial charge in [-0.2, -0.15) is 10.6 Å². The Morgan fingerprint density at radius 3 is 2.39 bits per heavy atom. The summed E-state index contributed by atoms with van der Waals surface area (Å²) in [7, 11) is -2.46. The van der Waals surface area contributed by atoms with Crippen LogP contribution in [0.1, 0.15) is 59.4 Å². The van der Waals surface area contributed by atoms with Crippen molar-refractivity contribution in [2.24, 2.45) is 0 Å². The molecule has 1 aromatic carbocycles. The molecule has 1 saturated heterocycles. The van der Waals surface area contributed by atoms with Crippen molar-refractivity contribution in [3.63, 3.8) is 0 Å². The van der Waals surface area contributed by atoms with E-state index in [2.05, 4.69) is 45.3 Å². The molecule has 3 N–H and O–H groups in total. The van der Waals surface area contributed by atoms with Crippen molar-refractivity contribution >= 4 is 33.6 Å². The van der Waals surface area contributed by atoms with Crippen molar-refractivity contribution in [2.75, 3.05) is 41.5 Å². The summed E-state index contributed by atoms with van der Waals surface area (Å²) in [4.78, 5) is 23.1. The number of carbonyl (C=O) groups is 1. The summed E-state index contributed by atoms with van der Waals surface area (Å²) in [5, 5.41) is 3.47. The normalized spacial score (nSPS) is 16.8. The van der Waals surface area contributed by atoms with Gasteiger partial charge in [-0.3, -0.25) is 13.9 Å². The van der Waals surface area contributed by atoms with Crippen LogP contribution in [0.5, 0.6) is 6.01 Å². The molecule has 9 nitrogen and oxygen atoms in total. The molecule has 0 aliphatic carbocycles. The van der Waals surface area contributed by atoms with E-state index in [9.17, 15) is 13.9 Å². The van der Waals surface area contributed by atoms with Gasteiger partial charge in [0.25, 0.3) is 0 Å². The first kappa shape index (κ1) is 28.0. The highest BCUT2D eigenvalue weighted by atomic mass is 32.3. The minimum atomic E-state index is -2.46. The quantitative estimate of drug-likeness (QED) is 0.326. The third-order valence-electron chi connectivity index (χ3n) is 6.50. The van der Waals surface area contributed by atoms with E-state index in [0.29, 0.717) is 36.4 Å². The van der Waals surface area contributed by atoms with E-state index in [1.165, 1.54) is 0 Å². The molecule has 2 aromatic rings. The Bertz CT molecular complexity index is 1010. The molecule has 36 heavy (non-hydrogen) atoms. The average Bonchev–Trinajstić information content (AvgIpc) is 2.82. The van der Waals surface area contributed by atoms with Gasteiger partial charge in [-0.25, -0.2) is 9.97 Å². The molecule has 1 fully saturated rings. The molecular formula is C26H40N4O5S. The van der Waals surface area contributed by atoms with Crippen molar-refractivity contribution in [1.82, 2.24) is 9.97 Å². The zero-order valence-corrected chi connectivity index (χ0v) is 22.8. The van der Waals surface area contributed by atoms with Crippen molar-refractivity contribution < 1.29 is 23.4 Å². The number of anilines is 3. The van der Waals surface area contributed by atoms with Gasteiger partial charge in [0.2, 0.25) is 0 Å². The molecule has 1 aliphatic heterocycles. The summed E-state index contributed by atoms with van der Waals surface area (Å²) in [5.41, 5.74) is 3.16. The number of aromatic nitrogens is 2. The number of esters is 1. The van der Waals surface area contributed by atoms with Gasteiger partial charge in [-0.15, -0.1) is 0 Å². The number of hydrogen-bond acceptors (Lipinski definition) is 9. The van der Waals surface area contributed by atoms with E-state index in [1.807, 2.05) is 27.7 Å². The first-order valence-corrected chi connectivity index (χ1v) is 14.5. The topological polar surface area (TPSA) is 117 Å². The first-order chi connectivity index (χ1) is 17.1. The number of carbonyl (C=O) groups excluding carboxylic acids is 1. The van der Waals surface area contributed by atoms with Gasteiger partial charge in [0.15, 0.2) is 0 Å². The lowest BCUT2D eigenvalue weighted by Crippen LogP contribution is -2.40. The molecule has 0 amide bonds. The number of nitrogens with zero attached hydrogens (tertiary/aromatic N) is 3. The summed E-state index contributed by atoms with van der Waals surface area (Å²) in [6, 6.07) is 6.74. The van der Waals surface area contributed by atoms with Crippen LogP contribution < -0.4 is 15.0 Å². The van der Waals surface area contributed by atoms with Gasteiger partial charge in [0, 0.05) is 29.5 Å². The molecule has 0 bridgehead atoms. The van der Waals surface area contributed by atoms with Crippen LogP contribution in [-0.4, -0.2) is 62.3 Å². The van der Waals surface area contributed by atoms with Gasteiger partial charge >= 0.3 is 12.0 Å². The fraction of sp³-hybridized carbons (Fsp3) is 0.577. The molecule has 200 valence electrons. The first-order valence-electron chi connectivity index (χ1n) is 12.6. The lowest BCUT2D eigenvalue weighted by Gasteiger charge is -2.44. The van der Waals surface area contributed by atoms with Crippen LogP contribution in [0.2, 0.25) is 0 Å². The molecule has 0 atom stereocenters. The fourth-order valence-electron chi connectivity index (χ4n) is 4.56. The summed E-state index contributed by atoms with van der Waals surface area (Å²) in [6.45, 7) is 11.5. The maximum atomic E-state index is 12.3. The molecule has 1 aliphatic rings. The SMILES string of the molecule is CCOC(=O)CC(C)(C)c1ccc(N(CC)C2CCS(O)(O)CC2)c(Nc2cnc(OCC)nc2)c1. The highest BCUT2D eigenvalue weighted by molar-refractivity contribution is 8.24. The number of ether oxygens (including phenoxy) is 2. The van der Waals surface area contributed by atoms with E-state index >= 15 is 0 Å². The summed E-state index contributed by atoms with van der Waals surface area (Å²) >= 11 is 0. The molecule has 10 heteroatoms. The Morgan fingerprint density at radius 2 is 1.81 bits per heavy atom. The van der Waals surface area contributed by atoms with Crippen LogP contribution in [0.4, 0.5) is 17.1 Å². The van der Waals surface area contributed by atoms with Crippen LogP contribution in [0.3, 0.4) is 0 Å². The lowest BCUT2D eigenvalue weighted by atomic mass is 9.81. The standard InChI is InChI=1S/C26H40N4O5S/c1-6-30(21-11-13-36(32,33)14-12-21)23-10-9-19(26(4,5)16-24(31)34-7-2)15-22(23)29-20-17-27-25(28-18-20)35-8-3/h9-10,15,17-18,21,29,32-33H,6-8,11-14,16H2,1-5H3. The third-order valence-corrected chi connectivity index (χ3v) is 8.28. The van der Waals surface area contributed by atoms with E-state index in [4.69, 9.17) is 9.47 Å². The predicted molar refractivity (Wildman–Crippen MR) is 146 cm³/mol. The number of benzene rings is 1. The second-order valence-corrected chi connectivity index (χ2v) is 12.1. The molecule has 3 rings (SSSR count). The maximum absolute atomic E-state index is 12.3. The molecule has 0 radical (unpaired) electrons. The van der Waals surface area contributed by atoms with Crippen molar-refractivity contribution in [3.8, 4) is 6.01 Å². The minimum Gasteiger partial charge on any atom is -0.466 e. The Kier molecular flexibility index (Phi) is 9.43. The number of nitrogens with one attached hydrogen (secondary N) is 1. The van der Waals surface area contributed by atoms with Crippen LogP contribution in [0.15, 0.2) is 30.6 Å². The summed E-state index contributed by atoms with van der Waals surface area (Å²) in [5.74, 6) is 0.625. The second-order valence-electron chi connectivity index (χ2n) is 9.64. The van der Waals surface area contributed by atoms with Crippen molar-refractivity contribution in [2.45, 2.75) is 65.3 Å². The Hall–Kier alpha value is -2.56. The molecule has 1 aromatic heterocycles. The Morgan fingerprint density at radius 1 is 1.14 bits per heavy atom. The zero-order chi connectivity index (χ0) is 26.3. The van der Waals surface area contributed by atoms with Gasteiger partial charge in [-0.1, -0.05) is 19.9 Å². The highest BCUT2D eigenvalue weighted by Gasteiger charge is 2.30. The van der Waals surface area contributed by atoms with Gasteiger partial charge in [0.1, 0.15) is 0 Å². The summed E-state index contributed by atoms with van der Waals surface area (Å²) < 4.78 is 30.8. The van der Waals surface area contributed by atoms with Gasteiger partial charge < -0.3 is 19.7 Å². The van der Waals surface area contributed by atoms with Gasteiger partial charge in [-0.05, 0) is 51.3 Å². The smallest absolute Gasteiger partial charge is 0.316 e. The summed E-state index contributed by atoms with van der Waals surface area (Å²) in [6.07, 6.45) is 5.08. The monoisotopic (exact) mass is 520 g/mol. The van der Waals surface area contributed by atoms with E-state index < -0.39 is 16.0 Å². The minimum absolute atomic E-state index is 0.199. The van der Waals surface area contributed by atoms with Crippen molar-refractivity contribution in [1.29, 1.82) is 0 Å². The number of rotatable bonds is 11. The van der Waals surface area contributed by atoms with E-state index in [1.54, 1.807) is 12.4 Å². The van der Waals surface area contributed by atoms with Gasteiger partial charge in [0.05, 0.1) is 49.1 Å². The lowest BCUT2D eigenvalue weighted by molar-refractivity contribution is -0.144. The average molecular weight is 521 g/mol. The van der Waals surface area contributed by atoms with Crippen LogP contribution in [0, 0.1) is 0 Å². The fourth-order valence-corrected chi connectivity index (χ4v) is 6.06. The molecular weight excluding hydrogens is 480 g/mol. The van der Waals surface area contributed by atoms with Crippen LogP contribution in [0.25, 0.3) is 0 Å². The second kappa shape index (κ2) is 12.1.